The van der Waals surface area contributed by atoms with E-state index in [0.29, 0.717) is 0 Å². The van der Waals surface area contributed by atoms with Crippen LogP contribution in [0.1, 0.15) is 65.7 Å². The summed E-state index contributed by atoms with van der Waals surface area (Å²) in [6.45, 7) is 7.48. The zero-order valence-corrected chi connectivity index (χ0v) is 10.2. The summed E-state index contributed by atoms with van der Waals surface area (Å²) in [5.41, 5.74) is 0.727. The molecule has 0 radical (unpaired) electrons. The highest BCUT2D eigenvalue weighted by Crippen LogP contribution is 2.51. The largest absolute Gasteiger partial charge is 0.0625 e. The predicted molar refractivity (Wildman–Crippen MR) is 62.2 cm³/mol. The monoisotopic (exact) mass is 194 g/mol. The van der Waals surface area contributed by atoms with Crippen molar-refractivity contribution in [3.8, 4) is 0 Å². The van der Waals surface area contributed by atoms with Gasteiger partial charge in [0.25, 0.3) is 0 Å². The lowest BCUT2D eigenvalue weighted by Gasteiger charge is -2.48. The first-order valence-corrected chi connectivity index (χ1v) is 6.62. The summed E-state index contributed by atoms with van der Waals surface area (Å²) >= 11 is 0. The van der Waals surface area contributed by atoms with E-state index in [1.165, 1.54) is 44.9 Å². The van der Waals surface area contributed by atoms with E-state index >= 15 is 0 Å². The predicted octanol–water partition coefficient (Wildman–Crippen LogP) is 4.64. The van der Waals surface area contributed by atoms with Crippen molar-refractivity contribution in [3.63, 3.8) is 0 Å². The third kappa shape index (κ3) is 1.85. The molecule has 0 bridgehead atoms. The molecule has 0 nitrogen and oxygen atoms in total. The average Bonchev–Trinajstić information content (AvgIpc) is 2.14. The summed E-state index contributed by atoms with van der Waals surface area (Å²) in [6.07, 6.45) is 10.5. The molecule has 0 aromatic heterocycles. The second kappa shape index (κ2) is 3.87. The Morgan fingerprint density at radius 2 is 1.64 bits per heavy atom. The van der Waals surface area contributed by atoms with E-state index in [-0.39, 0.29) is 0 Å². The molecular weight excluding hydrogens is 168 g/mol. The van der Waals surface area contributed by atoms with Gasteiger partial charge in [0.15, 0.2) is 0 Å². The molecule has 0 aliphatic heterocycles. The minimum Gasteiger partial charge on any atom is -0.0625 e. The Balaban J connectivity index is 1.88. The maximum atomic E-state index is 2.53. The first-order chi connectivity index (χ1) is 6.62. The van der Waals surface area contributed by atoms with Crippen LogP contribution in [0.5, 0.6) is 0 Å². The maximum Gasteiger partial charge on any atom is -0.0298 e. The summed E-state index contributed by atoms with van der Waals surface area (Å²) in [4.78, 5) is 0. The van der Waals surface area contributed by atoms with Crippen molar-refractivity contribution in [1.29, 1.82) is 0 Å². The van der Waals surface area contributed by atoms with Gasteiger partial charge in [0, 0.05) is 0 Å². The molecule has 0 aromatic carbocycles. The van der Waals surface area contributed by atoms with Crippen LogP contribution in [0.2, 0.25) is 0 Å². The van der Waals surface area contributed by atoms with Gasteiger partial charge in [-0.3, -0.25) is 0 Å². The third-order valence-electron chi connectivity index (χ3n) is 5.36. The second-order valence-corrected chi connectivity index (χ2v) is 6.32. The summed E-state index contributed by atoms with van der Waals surface area (Å²) in [5, 5.41) is 0. The average molecular weight is 194 g/mol. The summed E-state index contributed by atoms with van der Waals surface area (Å²) < 4.78 is 0. The van der Waals surface area contributed by atoms with Gasteiger partial charge in [-0.1, -0.05) is 40.0 Å². The summed E-state index contributed by atoms with van der Waals surface area (Å²) in [6, 6.07) is 0. The molecule has 0 spiro atoms. The SMILES string of the molecule is CC1CCC(C(C)C2(C)CCC2)CC1. The highest BCUT2D eigenvalue weighted by atomic mass is 14.5. The minimum absolute atomic E-state index is 0.727. The quantitative estimate of drug-likeness (QED) is 0.601. The van der Waals surface area contributed by atoms with Gasteiger partial charge in [-0.25, -0.2) is 0 Å². The van der Waals surface area contributed by atoms with Crippen LogP contribution in [0.25, 0.3) is 0 Å². The van der Waals surface area contributed by atoms with Crippen molar-refractivity contribution in [2.24, 2.45) is 23.2 Å². The molecule has 2 rings (SSSR count). The molecule has 0 heterocycles. The molecule has 82 valence electrons. The number of rotatable bonds is 2. The van der Waals surface area contributed by atoms with Gasteiger partial charge in [0.1, 0.15) is 0 Å². The van der Waals surface area contributed by atoms with E-state index in [4.69, 9.17) is 0 Å². The first kappa shape index (κ1) is 10.5. The van der Waals surface area contributed by atoms with Crippen LogP contribution in [-0.4, -0.2) is 0 Å². The maximum absolute atomic E-state index is 2.53. The van der Waals surface area contributed by atoms with Crippen molar-refractivity contribution in [2.75, 3.05) is 0 Å². The molecule has 1 unspecified atom stereocenters. The highest BCUT2D eigenvalue weighted by molar-refractivity contribution is 4.91. The van der Waals surface area contributed by atoms with E-state index in [0.717, 1.165) is 23.2 Å². The van der Waals surface area contributed by atoms with Gasteiger partial charge in [-0.15, -0.1) is 0 Å². The Hall–Kier alpha value is 0. The van der Waals surface area contributed by atoms with E-state index in [1.54, 1.807) is 0 Å². The lowest BCUT2D eigenvalue weighted by atomic mass is 9.57. The number of hydrogen-bond acceptors (Lipinski definition) is 0. The van der Waals surface area contributed by atoms with Crippen molar-refractivity contribution in [1.82, 2.24) is 0 Å². The fourth-order valence-corrected chi connectivity index (χ4v) is 3.54. The molecule has 2 aliphatic carbocycles. The topological polar surface area (TPSA) is 0 Å². The van der Waals surface area contributed by atoms with Crippen LogP contribution < -0.4 is 0 Å². The molecule has 2 aliphatic rings. The lowest BCUT2D eigenvalue weighted by molar-refractivity contribution is 0.0257. The first-order valence-electron chi connectivity index (χ1n) is 6.62. The fourth-order valence-electron chi connectivity index (χ4n) is 3.54. The van der Waals surface area contributed by atoms with Crippen LogP contribution in [-0.2, 0) is 0 Å². The molecule has 0 saturated heterocycles. The standard InChI is InChI=1S/C14H26/c1-11-5-7-13(8-6-11)12(2)14(3)9-4-10-14/h11-13H,4-10H2,1-3H3. The van der Waals surface area contributed by atoms with Crippen molar-refractivity contribution in [3.05, 3.63) is 0 Å². The van der Waals surface area contributed by atoms with Crippen molar-refractivity contribution >= 4 is 0 Å². The molecule has 0 N–H and O–H groups in total. The van der Waals surface area contributed by atoms with Gasteiger partial charge in [-0.2, -0.15) is 0 Å². The smallest absolute Gasteiger partial charge is 0.0298 e. The summed E-state index contributed by atoms with van der Waals surface area (Å²) in [5.74, 6) is 3.05. The van der Waals surface area contributed by atoms with E-state index in [2.05, 4.69) is 20.8 Å². The normalized spacial score (nSPS) is 38.8. The minimum atomic E-state index is 0.727. The van der Waals surface area contributed by atoms with Crippen molar-refractivity contribution in [2.45, 2.75) is 65.7 Å². The van der Waals surface area contributed by atoms with Crippen molar-refractivity contribution < 1.29 is 0 Å². The van der Waals surface area contributed by atoms with Crippen LogP contribution in [0.4, 0.5) is 0 Å². The van der Waals surface area contributed by atoms with Gasteiger partial charge < -0.3 is 0 Å². The van der Waals surface area contributed by atoms with E-state index in [9.17, 15) is 0 Å². The molecule has 2 fully saturated rings. The molecule has 0 heteroatoms. The molecule has 2 saturated carbocycles. The third-order valence-corrected chi connectivity index (χ3v) is 5.36. The molecule has 1 atom stereocenters. The van der Waals surface area contributed by atoms with Gasteiger partial charge in [0.05, 0.1) is 0 Å². The summed E-state index contributed by atoms with van der Waals surface area (Å²) in [7, 11) is 0. The highest BCUT2D eigenvalue weighted by Gasteiger charge is 2.41. The van der Waals surface area contributed by atoms with Gasteiger partial charge in [0.2, 0.25) is 0 Å². The van der Waals surface area contributed by atoms with Crippen LogP contribution in [0, 0.1) is 23.2 Å². The molecule has 14 heavy (non-hydrogen) atoms. The Morgan fingerprint density at radius 3 is 2.07 bits per heavy atom. The van der Waals surface area contributed by atoms with Crippen LogP contribution in [0.15, 0.2) is 0 Å². The molecule has 0 amide bonds. The Morgan fingerprint density at radius 1 is 1.07 bits per heavy atom. The number of hydrogen-bond donors (Lipinski definition) is 0. The van der Waals surface area contributed by atoms with Crippen LogP contribution in [0.3, 0.4) is 0 Å². The molecule has 0 aromatic rings. The van der Waals surface area contributed by atoms with Gasteiger partial charge in [-0.05, 0) is 48.9 Å². The Labute approximate surface area is 89.5 Å². The Kier molecular flexibility index (Phi) is 2.91. The molecular formula is C14H26. The van der Waals surface area contributed by atoms with E-state index in [1.807, 2.05) is 0 Å². The zero-order chi connectivity index (χ0) is 10.2. The van der Waals surface area contributed by atoms with Crippen LogP contribution >= 0.6 is 0 Å². The fraction of sp³-hybridized carbons (Fsp3) is 1.00. The zero-order valence-electron chi connectivity index (χ0n) is 10.2. The second-order valence-electron chi connectivity index (χ2n) is 6.32. The van der Waals surface area contributed by atoms with E-state index < -0.39 is 0 Å². The van der Waals surface area contributed by atoms with Gasteiger partial charge >= 0.3 is 0 Å². The Bertz CT molecular complexity index is 182. The lowest BCUT2D eigenvalue weighted by Crippen LogP contribution is -2.38.